The highest BCUT2D eigenvalue weighted by Crippen LogP contribution is 2.34. The van der Waals surface area contributed by atoms with E-state index in [4.69, 9.17) is 11.6 Å². The van der Waals surface area contributed by atoms with Gasteiger partial charge in [0.15, 0.2) is 0 Å². The van der Waals surface area contributed by atoms with Crippen molar-refractivity contribution in [2.75, 3.05) is 0 Å². The van der Waals surface area contributed by atoms with E-state index in [2.05, 4.69) is 4.98 Å². The number of hydrogen-bond acceptors (Lipinski definition) is 1. The molecule has 0 amide bonds. The van der Waals surface area contributed by atoms with E-state index in [0.717, 1.165) is 6.20 Å². The standard InChI is InChI=1S/C8H7ClF3N/c1-2-5-3-7(9)6(4-13-5)8(10,11)12/h3-4H,2H2,1H3. The second-order valence-corrected chi connectivity index (χ2v) is 2.91. The normalized spacial score (nSPS) is 11.8. The number of pyridine rings is 1. The molecule has 72 valence electrons. The third kappa shape index (κ3) is 2.34. The maximum atomic E-state index is 12.2. The molecule has 0 N–H and O–H groups in total. The molecule has 0 radical (unpaired) electrons. The van der Waals surface area contributed by atoms with Gasteiger partial charge in [0, 0.05) is 11.9 Å². The smallest absolute Gasteiger partial charge is 0.261 e. The first-order valence-electron chi connectivity index (χ1n) is 3.66. The zero-order valence-electron chi connectivity index (χ0n) is 6.82. The Hall–Kier alpha value is -0.770. The van der Waals surface area contributed by atoms with E-state index in [-0.39, 0.29) is 5.02 Å². The van der Waals surface area contributed by atoms with Crippen LogP contribution in [0.15, 0.2) is 12.3 Å². The molecule has 0 saturated carbocycles. The van der Waals surface area contributed by atoms with Gasteiger partial charge >= 0.3 is 6.18 Å². The Balaban J connectivity index is 3.13. The lowest BCUT2D eigenvalue weighted by Gasteiger charge is -2.08. The zero-order chi connectivity index (χ0) is 10.1. The molecule has 0 aliphatic rings. The van der Waals surface area contributed by atoms with Crippen LogP contribution in [0.4, 0.5) is 13.2 Å². The number of aromatic nitrogens is 1. The molecule has 1 rings (SSSR count). The van der Waals surface area contributed by atoms with Gasteiger partial charge < -0.3 is 0 Å². The van der Waals surface area contributed by atoms with Gasteiger partial charge in [-0.3, -0.25) is 4.98 Å². The monoisotopic (exact) mass is 209 g/mol. The van der Waals surface area contributed by atoms with E-state index >= 15 is 0 Å². The number of nitrogens with zero attached hydrogens (tertiary/aromatic N) is 1. The third-order valence-electron chi connectivity index (χ3n) is 1.58. The molecule has 0 atom stereocenters. The van der Waals surface area contributed by atoms with Crippen molar-refractivity contribution in [3.05, 3.63) is 28.5 Å². The molecule has 5 heteroatoms. The molecular formula is C8H7ClF3N. The van der Waals surface area contributed by atoms with Gasteiger partial charge in [-0.05, 0) is 12.5 Å². The summed E-state index contributed by atoms with van der Waals surface area (Å²) in [6.45, 7) is 1.80. The Labute approximate surface area is 78.5 Å². The van der Waals surface area contributed by atoms with Crippen molar-refractivity contribution < 1.29 is 13.2 Å². The number of halogens is 4. The summed E-state index contributed by atoms with van der Waals surface area (Å²) in [4.78, 5) is 3.62. The van der Waals surface area contributed by atoms with Gasteiger partial charge in [0.2, 0.25) is 0 Å². The zero-order valence-corrected chi connectivity index (χ0v) is 7.58. The summed E-state index contributed by atoms with van der Waals surface area (Å²) in [5.74, 6) is 0. The van der Waals surface area contributed by atoms with Crippen molar-refractivity contribution in [1.29, 1.82) is 0 Å². The number of alkyl halides is 3. The van der Waals surface area contributed by atoms with E-state index in [0.29, 0.717) is 12.1 Å². The lowest BCUT2D eigenvalue weighted by Crippen LogP contribution is -2.07. The summed E-state index contributed by atoms with van der Waals surface area (Å²) in [6.07, 6.45) is -3.09. The molecule has 1 aromatic heterocycles. The van der Waals surface area contributed by atoms with Crippen LogP contribution in [0.5, 0.6) is 0 Å². The maximum absolute atomic E-state index is 12.2. The van der Waals surface area contributed by atoms with Crippen LogP contribution >= 0.6 is 11.6 Å². The van der Waals surface area contributed by atoms with Crippen LogP contribution in [0.25, 0.3) is 0 Å². The van der Waals surface area contributed by atoms with E-state index < -0.39 is 11.7 Å². The fourth-order valence-electron chi connectivity index (χ4n) is 0.872. The van der Waals surface area contributed by atoms with Crippen LogP contribution < -0.4 is 0 Å². The molecule has 0 bridgehead atoms. The van der Waals surface area contributed by atoms with Crippen molar-refractivity contribution in [2.45, 2.75) is 19.5 Å². The van der Waals surface area contributed by atoms with Crippen LogP contribution in [-0.2, 0) is 12.6 Å². The third-order valence-corrected chi connectivity index (χ3v) is 1.89. The molecule has 13 heavy (non-hydrogen) atoms. The quantitative estimate of drug-likeness (QED) is 0.692. The number of hydrogen-bond donors (Lipinski definition) is 0. The molecule has 0 saturated heterocycles. The summed E-state index contributed by atoms with van der Waals surface area (Å²) < 4.78 is 36.5. The molecule has 1 aromatic rings. The summed E-state index contributed by atoms with van der Waals surface area (Å²) >= 11 is 5.43. The van der Waals surface area contributed by atoms with Gasteiger partial charge in [-0.25, -0.2) is 0 Å². The summed E-state index contributed by atoms with van der Waals surface area (Å²) in [5, 5.41) is -0.292. The second kappa shape index (κ2) is 3.54. The largest absolute Gasteiger partial charge is 0.419 e. The van der Waals surface area contributed by atoms with Crippen LogP contribution in [0.1, 0.15) is 18.2 Å². The van der Waals surface area contributed by atoms with Crippen LogP contribution in [0.3, 0.4) is 0 Å². The molecule has 1 nitrogen and oxygen atoms in total. The predicted octanol–water partition coefficient (Wildman–Crippen LogP) is 3.32. The maximum Gasteiger partial charge on any atom is 0.419 e. The van der Waals surface area contributed by atoms with Crippen molar-refractivity contribution in [2.24, 2.45) is 0 Å². The average molecular weight is 210 g/mol. The SMILES string of the molecule is CCc1cc(Cl)c(C(F)(F)F)cn1. The second-order valence-electron chi connectivity index (χ2n) is 2.51. The van der Waals surface area contributed by atoms with Crippen molar-refractivity contribution in [1.82, 2.24) is 4.98 Å². The van der Waals surface area contributed by atoms with Gasteiger partial charge in [-0.1, -0.05) is 18.5 Å². The Morgan fingerprint density at radius 2 is 2.08 bits per heavy atom. The predicted molar refractivity (Wildman–Crippen MR) is 43.6 cm³/mol. The van der Waals surface area contributed by atoms with Gasteiger partial charge in [-0.2, -0.15) is 13.2 Å². The van der Waals surface area contributed by atoms with Crippen molar-refractivity contribution >= 4 is 11.6 Å². The minimum absolute atomic E-state index is 0.292. The van der Waals surface area contributed by atoms with E-state index in [1.807, 2.05) is 0 Å². The molecule has 0 aliphatic heterocycles. The van der Waals surface area contributed by atoms with Crippen LogP contribution in [0.2, 0.25) is 5.02 Å². The van der Waals surface area contributed by atoms with Crippen LogP contribution in [-0.4, -0.2) is 4.98 Å². The summed E-state index contributed by atoms with van der Waals surface area (Å²) in [5.41, 5.74) is -0.329. The fourth-order valence-corrected chi connectivity index (χ4v) is 1.15. The van der Waals surface area contributed by atoms with Gasteiger partial charge in [0.05, 0.1) is 10.6 Å². The summed E-state index contributed by atoms with van der Waals surface area (Å²) in [6, 6.07) is 1.24. The van der Waals surface area contributed by atoms with E-state index in [1.54, 1.807) is 6.92 Å². The van der Waals surface area contributed by atoms with E-state index in [9.17, 15) is 13.2 Å². The number of aryl methyl sites for hydroxylation is 1. The Kier molecular flexibility index (Phi) is 2.81. The molecule has 0 aliphatic carbocycles. The van der Waals surface area contributed by atoms with Crippen LogP contribution in [0, 0.1) is 0 Å². The summed E-state index contributed by atoms with van der Waals surface area (Å²) in [7, 11) is 0. The molecule has 0 unspecified atom stereocenters. The highest BCUT2D eigenvalue weighted by Gasteiger charge is 2.33. The van der Waals surface area contributed by atoms with E-state index in [1.165, 1.54) is 6.07 Å². The molecular weight excluding hydrogens is 203 g/mol. The van der Waals surface area contributed by atoms with Gasteiger partial charge in [0.25, 0.3) is 0 Å². The first-order valence-corrected chi connectivity index (χ1v) is 4.04. The Bertz CT molecular complexity index is 309. The lowest BCUT2D eigenvalue weighted by molar-refractivity contribution is -0.137. The topological polar surface area (TPSA) is 12.9 Å². The van der Waals surface area contributed by atoms with Crippen molar-refractivity contribution in [3.63, 3.8) is 0 Å². The lowest BCUT2D eigenvalue weighted by atomic mass is 10.2. The average Bonchev–Trinajstić information content (AvgIpc) is 2.01. The number of rotatable bonds is 1. The minimum atomic E-state index is -4.42. The molecule has 0 aromatic carbocycles. The highest BCUT2D eigenvalue weighted by atomic mass is 35.5. The molecule has 0 spiro atoms. The van der Waals surface area contributed by atoms with Crippen molar-refractivity contribution in [3.8, 4) is 0 Å². The molecule has 1 heterocycles. The van der Waals surface area contributed by atoms with Gasteiger partial charge in [0.1, 0.15) is 0 Å². The highest BCUT2D eigenvalue weighted by molar-refractivity contribution is 6.31. The first kappa shape index (κ1) is 10.3. The first-order chi connectivity index (χ1) is 5.95. The van der Waals surface area contributed by atoms with Gasteiger partial charge in [-0.15, -0.1) is 0 Å². The molecule has 0 fully saturated rings. The fraction of sp³-hybridized carbons (Fsp3) is 0.375. The Morgan fingerprint density at radius 1 is 1.46 bits per heavy atom. The Morgan fingerprint density at radius 3 is 2.46 bits per heavy atom. The minimum Gasteiger partial charge on any atom is -0.261 e.